The van der Waals surface area contributed by atoms with E-state index in [1.165, 1.54) is 27.8 Å². The molecule has 2 aromatic heterocycles. The second kappa shape index (κ2) is 10.5. The second-order valence-corrected chi connectivity index (χ2v) is 10.2. The van der Waals surface area contributed by atoms with E-state index in [-0.39, 0.29) is 11.9 Å². The van der Waals surface area contributed by atoms with E-state index >= 15 is 0 Å². The highest BCUT2D eigenvalue weighted by atomic mass is 32.1. The Hall–Kier alpha value is -3.02. The Morgan fingerprint density at radius 1 is 1.03 bits per heavy atom. The van der Waals surface area contributed by atoms with Crippen LogP contribution in [0, 0.1) is 5.92 Å². The van der Waals surface area contributed by atoms with Gasteiger partial charge in [0.25, 0.3) is 5.91 Å². The maximum Gasteiger partial charge on any atom is 0.263 e. The predicted octanol–water partition coefficient (Wildman–Crippen LogP) is 5.89. The molecule has 1 aliphatic rings. The van der Waals surface area contributed by atoms with Crippen molar-refractivity contribution in [1.82, 2.24) is 14.8 Å². The van der Waals surface area contributed by atoms with E-state index in [2.05, 4.69) is 64.5 Å². The molecule has 1 saturated heterocycles. The van der Waals surface area contributed by atoms with Crippen LogP contribution in [0.4, 0.5) is 0 Å². The maximum atomic E-state index is 13.2. The highest BCUT2D eigenvalue weighted by Crippen LogP contribution is 2.29. The number of benzene rings is 2. The van der Waals surface area contributed by atoms with Crippen molar-refractivity contribution in [3.05, 3.63) is 100 Å². The van der Waals surface area contributed by atoms with Gasteiger partial charge in [0.15, 0.2) is 0 Å². The summed E-state index contributed by atoms with van der Waals surface area (Å²) in [6, 6.07) is 25.2. The number of hydrogen-bond acceptors (Lipinski definition) is 4. The van der Waals surface area contributed by atoms with Gasteiger partial charge in [0, 0.05) is 31.2 Å². The van der Waals surface area contributed by atoms with E-state index in [1.54, 1.807) is 0 Å². The average molecular weight is 470 g/mol. The number of thiophene rings is 1. The molecule has 5 rings (SSSR count). The number of piperidine rings is 1. The van der Waals surface area contributed by atoms with E-state index in [0.717, 1.165) is 49.3 Å². The summed E-state index contributed by atoms with van der Waals surface area (Å²) in [5.41, 5.74) is 3.70. The maximum absolute atomic E-state index is 13.2. The third kappa shape index (κ3) is 5.06. The quantitative estimate of drug-likeness (QED) is 0.339. The number of hydrogen-bond donors (Lipinski definition) is 0. The van der Waals surface area contributed by atoms with Gasteiger partial charge >= 0.3 is 0 Å². The van der Waals surface area contributed by atoms with Crippen molar-refractivity contribution in [3.63, 3.8) is 0 Å². The van der Waals surface area contributed by atoms with Gasteiger partial charge in [-0.05, 0) is 73.0 Å². The van der Waals surface area contributed by atoms with Crippen molar-refractivity contribution in [2.75, 3.05) is 20.1 Å². The van der Waals surface area contributed by atoms with Gasteiger partial charge in [-0.25, -0.2) is 0 Å². The molecular weight excluding hydrogens is 438 g/mol. The largest absolute Gasteiger partial charge is 0.337 e. The number of carbonyl (C=O) groups excluding carboxylic acids is 1. The number of amides is 1. The van der Waals surface area contributed by atoms with E-state index in [1.807, 2.05) is 41.7 Å². The van der Waals surface area contributed by atoms with Crippen molar-refractivity contribution in [3.8, 4) is 0 Å². The van der Waals surface area contributed by atoms with Crippen LogP contribution in [-0.2, 0) is 13.0 Å². The molecule has 0 aliphatic carbocycles. The predicted molar refractivity (Wildman–Crippen MR) is 140 cm³/mol. The molecule has 1 unspecified atom stereocenters. The molecule has 1 amide bonds. The van der Waals surface area contributed by atoms with Gasteiger partial charge in [-0.15, -0.1) is 11.3 Å². The van der Waals surface area contributed by atoms with Crippen molar-refractivity contribution in [2.45, 2.75) is 31.8 Å². The first-order chi connectivity index (χ1) is 16.7. The molecule has 1 aliphatic heterocycles. The molecule has 5 heteroatoms. The van der Waals surface area contributed by atoms with Crippen molar-refractivity contribution < 1.29 is 4.79 Å². The van der Waals surface area contributed by atoms with Crippen LogP contribution in [-0.4, -0.2) is 46.9 Å². The molecule has 0 N–H and O–H groups in total. The monoisotopic (exact) mass is 469 g/mol. The number of rotatable bonds is 7. The van der Waals surface area contributed by atoms with Gasteiger partial charge in [0.1, 0.15) is 0 Å². The fraction of sp³-hybridized carbons (Fsp3) is 0.310. The Morgan fingerprint density at radius 3 is 2.56 bits per heavy atom. The lowest BCUT2D eigenvalue weighted by Gasteiger charge is -2.40. The molecule has 4 nitrogen and oxygen atoms in total. The molecule has 4 aromatic rings. The zero-order valence-corrected chi connectivity index (χ0v) is 20.5. The van der Waals surface area contributed by atoms with Crippen LogP contribution < -0.4 is 0 Å². The van der Waals surface area contributed by atoms with Crippen molar-refractivity contribution in [1.29, 1.82) is 0 Å². The molecule has 1 atom stereocenters. The number of para-hydroxylation sites is 1. The van der Waals surface area contributed by atoms with Gasteiger partial charge in [0.2, 0.25) is 0 Å². The fourth-order valence-corrected chi connectivity index (χ4v) is 5.94. The number of carbonyl (C=O) groups is 1. The van der Waals surface area contributed by atoms with Crippen LogP contribution in [0.2, 0.25) is 0 Å². The lowest BCUT2D eigenvalue weighted by molar-refractivity contribution is 0.0590. The van der Waals surface area contributed by atoms with Crippen LogP contribution in [0.15, 0.2) is 84.4 Å². The molecule has 0 bridgehead atoms. The molecular formula is C29H31N3OS. The normalized spacial score (nSPS) is 15.9. The Kier molecular flexibility index (Phi) is 7.02. The Balaban J connectivity index is 1.29. The summed E-state index contributed by atoms with van der Waals surface area (Å²) < 4.78 is 0. The Bertz CT molecular complexity index is 1210. The summed E-state index contributed by atoms with van der Waals surface area (Å²) in [7, 11) is 1.99. The zero-order valence-electron chi connectivity index (χ0n) is 19.6. The Labute approximate surface area is 205 Å². The van der Waals surface area contributed by atoms with Crippen LogP contribution >= 0.6 is 11.3 Å². The molecule has 0 spiro atoms. The third-order valence-electron chi connectivity index (χ3n) is 7.15. The number of aromatic nitrogens is 1. The second-order valence-electron chi connectivity index (χ2n) is 9.25. The number of pyridine rings is 1. The first-order valence-corrected chi connectivity index (χ1v) is 13.0. The highest BCUT2D eigenvalue weighted by Gasteiger charge is 2.32. The molecule has 3 heterocycles. The van der Waals surface area contributed by atoms with Crippen molar-refractivity contribution >= 4 is 28.1 Å². The highest BCUT2D eigenvalue weighted by molar-refractivity contribution is 7.12. The van der Waals surface area contributed by atoms with Gasteiger partial charge < -0.3 is 4.90 Å². The number of fused-ring (bicyclic) bond motifs is 1. The summed E-state index contributed by atoms with van der Waals surface area (Å²) >= 11 is 1.53. The lowest BCUT2D eigenvalue weighted by atomic mass is 9.84. The van der Waals surface area contributed by atoms with E-state index in [0.29, 0.717) is 5.92 Å². The summed E-state index contributed by atoms with van der Waals surface area (Å²) in [4.78, 5) is 23.1. The third-order valence-corrected chi connectivity index (χ3v) is 8.00. The topological polar surface area (TPSA) is 36.4 Å². The summed E-state index contributed by atoms with van der Waals surface area (Å²) in [5, 5.41) is 3.23. The number of likely N-dealkylation sites (N-methyl/N-ethyl adjacent to an activating group) is 1. The van der Waals surface area contributed by atoms with Crippen LogP contribution in [0.1, 0.15) is 33.6 Å². The number of nitrogens with zero attached hydrogens (tertiary/aromatic N) is 3. The summed E-state index contributed by atoms with van der Waals surface area (Å²) in [6.45, 7) is 3.05. The minimum absolute atomic E-state index is 0.140. The molecule has 1 fully saturated rings. The van der Waals surface area contributed by atoms with Gasteiger partial charge in [0.05, 0.1) is 10.4 Å². The molecule has 0 saturated carbocycles. The van der Waals surface area contributed by atoms with Gasteiger partial charge in [-0.1, -0.05) is 54.6 Å². The number of likely N-dealkylation sites (tertiary alicyclic amines) is 1. The molecule has 2 aromatic carbocycles. The van der Waals surface area contributed by atoms with E-state index in [4.69, 9.17) is 0 Å². The minimum Gasteiger partial charge on any atom is -0.337 e. The van der Waals surface area contributed by atoms with E-state index < -0.39 is 0 Å². The molecule has 34 heavy (non-hydrogen) atoms. The summed E-state index contributed by atoms with van der Waals surface area (Å²) in [6.07, 6.45) is 5.02. The van der Waals surface area contributed by atoms with Crippen molar-refractivity contribution in [2.24, 2.45) is 5.92 Å². The first-order valence-electron chi connectivity index (χ1n) is 12.1. The SMILES string of the molecule is CN(C(=O)c1cccs1)C(Cc1ccccc1)C1CCN(Cc2ccnc3ccccc23)CC1. The lowest BCUT2D eigenvalue weighted by Crippen LogP contribution is -2.47. The van der Waals surface area contributed by atoms with Gasteiger partial charge in [-0.2, -0.15) is 0 Å². The van der Waals surface area contributed by atoms with Crippen LogP contribution in [0.25, 0.3) is 10.9 Å². The van der Waals surface area contributed by atoms with E-state index in [9.17, 15) is 4.79 Å². The standard InChI is InChI=1S/C29H31N3OS/c1-31(29(33)28-12-7-19-34-28)27(20-22-8-3-2-4-9-22)23-14-17-32(18-15-23)21-24-13-16-30-26-11-6-5-10-25(24)26/h2-13,16,19,23,27H,14-15,17-18,20-21H2,1H3. The first kappa shape index (κ1) is 22.8. The molecule has 0 radical (unpaired) electrons. The zero-order chi connectivity index (χ0) is 23.3. The average Bonchev–Trinajstić information content (AvgIpc) is 3.43. The Morgan fingerprint density at radius 2 is 1.79 bits per heavy atom. The van der Waals surface area contributed by atoms with Gasteiger partial charge in [-0.3, -0.25) is 14.7 Å². The minimum atomic E-state index is 0.140. The van der Waals surface area contributed by atoms with Crippen LogP contribution in [0.5, 0.6) is 0 Å². The fourth-order valence-electron chi connectivity index (χ4n) is 5.23. The summed E-state index contributed by atoms with van der Waals surface area (Å²) in [5.74, 6) is 0.626. The molecule has 174 valence electrons. The van der Waals surface area contributed by atoms with Crippen LogP contribution in [0.3, 0.4) is 0 Å². The smallest absolute Gasteiger partial charge is 0.263 e.